The van der Waals surface area contributed by atoms with Crippen LogP contribution in [0.5, 0.6) is 0 Å². The SMILES string of the molecule is CC(C)C1CCN(c2ccc(Cl)c(F)c2)CC1. The van der Waals surface area contributed by atoms with Gasteiger partial charge in [-0.3, -0.25) is 0 Å². The molecule has 0 aromatic heterocycles. The standard InChI is InChI=1S/C14H19ClFN/c1-10(2)11-5-7-17(8-6-11)12-3-4-13(15)14(16)9-12/h3-4,9-11H,5-8H2,1-2H3. The highest BCUT2D eigenvalue weighted by molar-refractivity contribution is 6.30. The minimum Gasteiger partial charge on any atom is -0.371 e. The first-order valence-corrected chi connectivity index (χ1v) is 6.65. The van der Waals surface area contributed by atoms with E-state index in [2.05, 4.69) is 18.7 Å². The molecule has 0 radical (unpaired) electrons. The molecule has 3 heteroatoms. The average molecular weight is 256 g/mol. The van der Waals surface area contributed by atoms with Gasteiger partial charge in [-0.1, -0.05) is 25.4 Å². The van der Waals surface area contributed by atoms with Crippen molar-refractivity contribution < 1.29 is 4.39 Å². The van der Waals surface area contributed by atoms with Crippen molar-refractivity contribution in [3.8, 4) is 0 Å². The van der Waals surface area contributed by atoms with Crippen LogP contribution in [-0.2, 0) is 0 Å². The predicted molar refractivity (Wildman–Crippen MR) is 71.2 cm³/mol. The van der Waals surface area contributed by atoms with E-state index in [1.807, 2.05) is 6.07 Å². The second-order valence-corrected chi connectivity index (χ2v) is 5.57. The fourth-order valence-electron chi connectivity index (χ4n) is 2.51. The number of hydrogen-bond donors (Lipinski definition) is 0. The Labute approximate surface area is 108 Å². The number of hydrogen-bond acceptors (Lipinski definition) is 1. The Hall–Kier alpha value is -0.760. The van der Waals surface area contributed by atoms with Crippen molar-refractivity contribution in [2.75, 3.05) is 18.0 Å². The second kappa shape index (κ2) is 5.26. The minimum absolute atomic E-state index is 0.200. The van der Waals surface area contributed by atoms with Gasteiger partial charge in [0.25, 0.3) is 0 Å². The highest BCUT2D eigenvalue weighted by Gasteiger charge is 2.21. The number of nitrogens with zero attached hydrogens (tertiary/aromatic N) is 1. The Morgan fingerprint density at radius 3 is 2.47 bits per heavy atom. The third-order valence-corrected chi connectivity index (χ3v) is 4.06. The monoisotopic (exact) mass is 255 g/mol. The van der Waals surface area contributed by atoms with Crippen molar-refractivity contribution in [3.63, 3.8) is 0 Å². The van der Waals surface area contributed by atoms with E-state index in [1.165, 1.54) is 18.9 Å². The molecule has 17 heavy (non-hydrogen) atoms. The zero-order valence-electron chi connectivity index (χ0n) is 10.4. The third-order valence-electron chi connectivity index (χ3n) is 3.75. The lowest BCUT2D eigenvalue weighted by Crippen LogP contribution is -2.35. The molecular weight excluding hydrogens is 237 g/mol. The smallest absolute Gasteiger partial charge is 0.143 e. The lowest BCUT2D eigenvalue weighted by Gasteiger charge is -2.35. The zero-order valence-corrected chi connectivity index (χ0v) is 11.2. The maximum atomic E-state index is 13.4. The normalized spacial score (nSPS) is 17.8. The number of anilines is 1. The van der Waals surface area contributed by atoms with Gasteiger partial charge in [0.2, 0.25) is 0 Å². The molecule has 0 unspecified atom stereocenters. The molecule has 0 spiro atoms. The number of halogens is 2. The van der Waals surface area contributed by atoms with Crippen LogP contribution in [0.2, 0.25) is 5.02 Å². The van der Waals surface area contributed by atoms with E-state index in [0.29, 0.717) is 0 Å². The van der Waals surface area contributed by atoms with Crippen LogP contribution < -0.4 is 4.90 Å². The number of rotatable bonds is 2. The fraction of sp³-hybridized carbons (Fsp3) is 0.571. The Bertz CT molecular complexity index is 384. The highest BCUT2D eigenvalue weighted by atomic mass is 35.5. The molecule has 0 bridgehead atoms. The van der Waals surface area contributed by atoms with E-state index in [4.69, 9.17) is 11.6 Å². The van der Waals surface area contributed by atoms with E-state index in [1.54, 1.807) is 6.07 Å². The summed E-state index contributed by atoms with van der Waals surface area (Å²) in [6, 6.07) is 5.08. The summed E-state index contributed by atoms with van der Waals surface area (Å²) in [6.45, 7) is 6.60. The highest BCUT2D eigenvalue weighted by Crippen LogP contribution is 2.29. The summed E-state index contributed by atoms with van der Waals surface area (Å²) in [5.41, 5.74) is 0.953. The molecule has 1 heterocycles. The van der Waals surface area contributed by atoms with Gasteiger partial charge in [-0.25, -0.2) is 4.39 Å². The predicted octanol–water partition coefficient (Wildman–Crippen LogP) is 4.35. The summed E-state index contributed by atoms with van der Waals surface area (Å²) in [5.74, 6) is 1.23. The van der Waals surface area contributed by atoms with E-state index in [-0.39, 0.29) is 10.8 Å². The van der Waals surface area contributed by atoms with Gasteiger partial charge < -0.3 is 4.90 Å². The number of benzene rings is 1. The van der Waals surface area contributed by atoms with E-state index >= 15 is 0 Å². The zero-order chi connectivity index (χ0) is 12.4. The molecule has 1 aliphatic rings. The molecule has 94 valence electrons. The Morgan fingerprint density at radius 2 is 1.94 bits per heavy atom. The third kappa shape index (κ3) is 2.92. The van der Waals surface area contributed by atoms with Crippen molar-refractivity contribution in [2.45, 2.75) is 26.7 Å². The summed E-state index contributed by atoms with van der Waals surface area (Å²) >= 11 is 5.69. The fourth-order valence-corrected chi connectivity index (χ4v) is 2.62. The molecule has 1 saturated heterocycles. The first-order valence-electron chi connectivity index (χ1n) is 6.28. The Morgan fingerprint density at radius 1 is 1.29 bits per heavy atom. The molecule has 1 nitrogen and oxygen atoms in total. The summed E-state index contributed by atoms with van der Waals surface area (Å²) in [4.78, 5) is 2.25. The molecular formula is C14H19ClFN. The maximum absolute atomic E-state index is 13.4. The topological polar surface area (TPSA) is 3.24 Å². The van der Waals surface area contributed by atoms with Gasteiger partial charge >= 0.3 is 0 Å². The van der Waals surface area contributed by atoms with Gasteiger partial charge in [0.15, 0.2) is 0 Å². The van der Waals surface area contributed by atoms with Gasteiger partial charge in [-0.2, -0.15) is 0 Å². The summed E-state index contributed by atoms with van der Waals surface area (Å²) < 4.78 is 13.4. The molecule has 1 aromatic carbocycles. The van der Waals surface area contributed by atoms with Gasteiger partial charge in [-0.15, -0.1) is 0 Å². The molecule has 1 aromatic rings. The molecule has 1 fully saturated rings. The molecule has 0 aliphatic carbocycles. The first-order chi connectivity index (χ1) is 8.08. The molecule has 0 N–H and O–H groups in total. The van der Waals surface area contributed by atoms with Crippen molar-refractivity contribution in [2.24, 2.45) is 11.8 Å². The van der Waals surface area contributed by atoms with Crippen LogP contribution in [0.15, 0.2) is 18.2 Å². The molecule has 0 amide bonds. The first kappa shape index (κ1) is 12.7. The van der Waals surface area contributed by atoms with Gasteiger partial charge in [0.05, 0.1) is 5.02 Å². The van der Waals surface area contributed by atoms with Crippen LogP contribution in [0.3, 0.4) is 0 Å². The summed E-state index contributed by atoms with van der Waals surface area (Å²) in [5, 5.41) is 0.200. The quantitative estimate of drug-likeness (QED) is 0.759. The summed E-state index contributed by atoms with van der Waals surface area (Å²) in [6.07, 6.45) is 2.39. The van der Waals surface area contributed by atoms with Crippen LogP contribution in [0, 0.1) is 17.7 Å². The minimum atomic E-state index is -0.324. The molecule has 0 saturated carbocycles. The lowest BCUT2D eigenvalue weighted by atomic mass is 9.86. The van der Waals surface area contributed by atoms with Crippen molar-refractivity contribution in [1.82, 2.24) is 0 Å². The van der Waals surface area contributed by atoms with Crippen molar-refractivity contribution >= 4 is 17.3 Å². The van der Waals surface area contributed by atoms with E-state index < -0.39 is 0 Å². The number of piperidine rings is 1. The van der Waals surface area contributed by atoms with E-state index in [0.717, 1.165) is 30.6 Å². The van der Waals surface area contributed by atoms with Gasteiger partial charge in [0.1, 0.15) is 5.82 Å². The van der Waals surface area contributed by atoms with Crippen LogP contribution >= 0.6 is 11.6 Å². The average Bonchev–Trinajstić information content (AvgIpc) is 2.33. The maximum Gasteiger partial charge on any atom is 0.143 e. The van der Waals surface area contributed by atoms with Crippen LogP contribution in [0.1, 0.15) is 26.7 Å². The van der Waals surface area contributed by atoms with Crippen molar-refractivity contribution in [3.05, 3.63) is 29.0 Å². The molecule has 1 aliphatic heterocycles. The second-order valence-electron chi connectivity index (χ2n) is 5.17. The van der Waals surface area contributed by atoms with Gasteiger partial charge in [0, 0.05) is 18.8 Å². The Balaban J connectivity index is 2.03. The van der Waals surface area contributed by atoms with Gasteiger partial charge in [-0.05, 0) is 42.9 Å². The summed E-state index contributed by atoms with van der Waals surface area (Å²) in [7, 11) is 0. The Kier molecular flexibility index (Phi) is 3.93. The largest absolute Gasteiger partial charge is 0.371 e. The van der Waals surface area contributed by atoms with Crippen LogP contribution in [0.25, 0.3) is 0 Å². The van der Waals surface area contributed by atoms with E-state index in [9.17, 15) is 4.39 Å². The van der Waals surface area contributed by atoms with Crippen LogP contribution in [0.4, 0.5) is 10.1 Å². The van der Waals surface area contributed by atoms with Crippen molar-refractivity contribution in [1.29, 1.82) is 0 Å². The molecule has 2 rings (SSSR count). The molecule has 0 atom stereocenters. The lowest BCUT2D eigenvalue weighted by molar-refractivity contribution is 0.311. The van der Waals surface area contributed by atoms with Crippen LogP contribution in [-0.4, -0.2) is 13.1 Å².